The van der Waals surface area contributed by atoms with Crippen molar-refractivity contribution in [1.82, 2.24) is 9.88 Å². The third-order valence-corrected chi connectivity index (χ3v) is 5.81. The number of rotatable bonds is 4. The van der Waals surface area contributed by atoms with Crippen LogP contribution < -0.4 is 5.32 Å². The quantitative estimate of drug-likeness (QED) is 0.707. The third-order valence-electron chi connectivity index (χ3n) is 4.64. The van der Waals surface area contributed by atoms with Crippen molar-refractivity contribution < 1.29 is 18.7 Å². The molecule has 1 N–H and O–H groups in total. The fourth-order valence-corrected chi connectivity index (χ4v) is 4.02. The van der Waals surface area contributed by atoms with Gasteiger partial charge in [0, 0.05) is 24.3 Å². The number of aromatic nitrogens is 1. The summed E-state index contributed by atoms with van der Waals surface area (Å²) in [6.07, 6.45) is 0. The van der Waals surface area contributed by atoms with Crippen molar-refractivity contribution in [3.05, 3.63) is 58.3 Å². The summed E-state index contributed by atoms with van der Waals surface area (Å²) in [5.41, 5.74) is 1.86. The van der Waals surface area contributed by atoms with Gasteiger partial charge < -0.3 is 19.4 Å². The SMILES string of the molecule is Cc1ccc(-c2nc(C)c(C(=O)Nc3ccc(C(=O)N4CCOCC4)cc3)s2)o1. The van der Waals surface area contributed by atoms with Gasteiger partial charge >= 0.3 is 0 Å². The van der Waals surface area contributed by atoms with Gasteiger partial charge in [0.05, 0.1) is 18.9 Å². The van der Waals surface area contributed by atoms with Gasteiger partial charge in [-0.1, -0.05) is 0 Å². The van der Waals surface area contributed by atoms with Crippen LogP contribution in [0.2, 0.25) is 0 Å². The van der Waals surface area contributed by atoms with Crippen molar-refractivity contribution in [1.29, 1.82) is 0 Å². The Morgan fingerprint density at radius 1 is 1.07 bits per heavy atom. The number of benzene rings is 1. The molecule has 2 amide bonds. The molecule has 0 radical (unpaired) electrons. The van der Waals surface area contributed by atoms with E-state index in [4.69, 9.17) is 9.15 Å². The van der Waals surface area contributed by atoms with E-state index in [1.54, 1.807) is 36.1 Å². The van der Waals surface area contributed by atoms with Crippen LogP contribution in [0.4, 0.5) is 5.69 Å². The van der Waals surface area contributed by atoms with Crippen LogP contribution in [0.3, 0.4) is 0 Å². The lowest BCUT2D eigenvalue weighted by Gasteiger charge is -2.26. The monoisotopic (exact) mass is 411 g/mol. The minimum atomic E-state index is -0.234. The molecular weight excluding hydrogens is 390 g/mol. The van der Waals surface area contributed by atoms with Crippen molar-refractivity contribution in [2.24, 2.45) is 0 Å². The van der Waals surface area contributed by atoms with Gasteiger partial charge in [-0.05, 0) is 50.2 Å². The van der Waals surface area contributed by atoms with E-state index < -0.39 is 0 Å². The molecule has 0 bridgehead atoms. The van der Waals surface area contributed by atoms with Gasteiger partial charge in [0.1, 0.15) is 10.6 Å². The lowest BCUT2D eigenvalue weighted by molar-refractivity contribution is 0.0303. The molecule has 0 spiro atoms. The fourth-order valence-electron chi connectivity index (χ4n) is 3.09. The predicted molar refractivity (Wildman–Crippen MR) is 110 cm³/mol. The molecule has 0 atom stereocenters. The molecule has 1 fully saturated rings. The first-order chi connectivity index (χ1) is 14.0. The van der Waals surface area contributed by atoms with Gasteiger partial charge in [0.2, 0.25) is 0 Å². The third kappa shape index (κ3) is 4.23. The first-order valence-corrected chi connectivity index (χ1v) is 10.2. The van der Waals surface area contributed by atoms with Crippen molar-refractivity contribution in [2.75, 3.05) is 31.6 Å². The van der Waals surface area contributed by atoms with E-state index in [0.717, 1.165) is 5.76 Å². The number of anilines is 1. The minimum absolute atomic E-state index is 0.0251. The maximum Gasteiger partial charge on any atom is 0.267 e. The summed E-state index contributed by atoms with van der Waals surface area (Å²) in [6, 6.07) is 10.6. The molecule has 2 aromatic heterocycles. The van der Waals surface area contributed by atoms with Crippen LogP contribution in [0, 0.1) is 13.8 Å². The Hall–Kier alpha value is -2.97. The number of nitrogens with zero attached hydrogens (tertiary/aromatic N) is 2. The molecule has 3 aromatic rings. The average Bonchev–Trinajstić information content (AvgIpc) is 3.34. The number of thiazole rings is 1. The highest BCUT2D eigenvalue weighted by Crippen LogP contribution is 2.29. The molecule has 29 heavy (non-hydrogen) atoms. The Balaban J connectivity index is 1.44. The number of furan rings is 1. The second-order valence-corrected chi connectivity index (χ2v) is 7.78. The molecule has 8 heteroatoms. The van der Waals surface area contributed by atoms with Gasteiger partial charge in [-0.25, -0.2) is 4.98 Å². The molecule has 7 nitrogen and oxygen atoms in total. The number of nitrogens with one attached hydrogen (secondary N) is 1. The molecule has 3 heterocycles. The lowest BCUT2D eigenvalue weighted by Crippen LogP contribution is -2.40. The zero-order valence-electron chi connectivity index (χ0n) is 16.2. The van der Waals surface area contributed by atoms with Crippen LogP contribution in [-0.4, -0.2) is 48.0 Å². The Labute approximate surface area is 172 Å². The van der Waals surface area contributed by atoms with E-state index in [9.17, 15) is 9.59 Å². The summed E-state index contributed by atoms with van der Waals surface area (Å²) in [6.45, 7) is 5.99. The number of hydrogen-bond acceptors (Lipinski definition) is 6. The molecule has 0 saturated carbocycles. The van der Waals surface area contributed by atoms with Gasteiger partial charge in [0.25, 0.3) is 11.8 Å². The number of morpholine rings is 1. The van der Waals surface area contributed by atoms with E-state index in [2.05, 4.69) is 10.3 Å². The summed E-state index contributed by atoms with van der Waals surface area (Å²) < 4.78 is 10.9. The van der Waals surface area contributed by atoms with Crippen LogP contribution in [0.25, 0.3) is 10.8 Å². The highest BCUT2D eigenvalue weighted by molar-refractivity contribution is 7.17. The van der Waals surface area contributed by atoms with Crippen LogP contribution >= 0.6 is 11.3 Å². The Morgan fingerprint density at radius 3 is 2.45 bits per heavy atom. The molecule has 0 aliphatic carbocycles. The van der Waals surface area contributed by atoms with Crippen molar-refractivity contribution in [2.45, 2.75) is 13.8 Å². The predicted octanol–water partition coefficient (Wildman–Crippen LogP) is 3.74. The maximum atomic E-state index is 12.7. The van der Waals surface area contributed by atoms with Crippen LogP contribution in [0.5, 0.6) is 0 Å². The largest absolute Gasteiger partial charge is 0.459 e. The molecule has 150 valence electrons. The highest BCUT2D eigenvalue weighted by Gasteiger charge is 2.20. The number of aryl methyl sites for hydroxylation is 2. The standard InChI is InChI=1S/C21H21N3O4S/c1-13-3-8-17(28-13)20-22-14(2)18(29-20)19(25)23-16-6-4-15(5-7-16)21(26)24-9-11-27-12-10-24/h3-8H,9-12H2,1-2H3,(H,23,25). The normalized spacial score (nSPS) is 14.1. The zero-order valence-corrected chi connectivity index (χ0v) is 17.0. The van der Waals surface area contributed by atoms with Crippen molar-refractivity contribution >= 4 is 28.8 Å². The average molecular weight is 411 g/mol. The Bertz CT molecular complexity index is 1030. The molecule has 1 aromatic carbocycles. The van der Waals surface area contributed by atoms with Crippen LogP contribution in [-0.2, 0) is 4.74 Å². The summed E-state index contributed by atoms with van der Waals surface area (Å²) >= 11 is 1.29. The maximum absolute atomic E-state index is 12.7. The zero-order chi connectivity index (χ0) is 20.4. The van der Waals surface area contributed by atoms with E-state index in [1.165, 1.54) is 11.3 Å². The first-order valence-electron chi connectivity index (χ1n) is 9.34. The topological polar surface area (TPSA) is 84.7 Å². The summed E-state index contributed by atoms with van der Waals surface area (Å²) in [4.78, 5) is 31.9. The Morgan fingerprint density at radius 2 is 1.79 bits per heavy atom. The number of amides is 2. The van der Waals surface area contributed by atoms with Crippen molar-refractivity contribution in [3.8, 4) is 10.8 Å². The Kier molecular flexibility index (Phi) is 5.46. The number of hydrogen-bond donors (Lipinski definition) is 1. The second kappa shape index (κ2) is 8.18. The van der Waals surface area contributed by atoms with Gasteiger partial charge in [0.15, 0.2) is 10.8 Å². The van der Waals surface area contributed by atoms with E-state index in [0.29, 0.717) is 58.9 Å². The van der Waals surface area contributed by atoms with E-state index >= 15 is 0 Å². The summed E-state index contributed by atoms with van der Waals surface area (Å²) in [7, 11) is 0. The highest BCUT2D eigenvalue weighted by atomic mass is 32.1. The summed E-state index contributed by atoms with van der Waals surface area (Å²) in [5.74, 6) is 1.19. The second-order valence-electron chi connectivity index (χ2n) is 6.78. The van der Waals surface area contributed by atoms with Gasteiger partial charge in [-0.15, -0.1) is 11.3 Å². The molecule has 1 aliphatic rings. The number of carbonyl (C=O) groups excluding carboxylic acids is 2. The van der Waals surface area contributed by atoms with Crippen molar-refractivity contribution in [3.63, 3.8) is 0 Å². The van der Waals surface area contributed by atoms with Crippen LogP contribution in [0.15, 0.2) is 40.8 Å². The van der Waals surface area contributed by atoms with Gasteiger partial charge in [-0.2, -0.15) is 0 Å². The fraction of sp³-hybridized carbons (Fsp3) is 0.286. The molecule has 0 unspecified atom stereocenters. The molecule has 4 rings (SSSR count). The number of ether oxygens (including phenoxy) is 1. The summed E-state index contributed by atoms with van der Waals surface area (Å²) in [5, 5.41) is 3.54. The van der Waals surface area contributed by atoms with E-state index in [1.807, 2.05) is 19.1 Å². The molecule has 1 aliphatic heterocycles. The lowest BCUT2D eigenvalue weighted by atomic mass is 10.1. The van der Waals surface area contributed by atoms with E-state index in [-0.39, 0.29) is 11.8 Å². The first kappa shape index (κ1) is 19.4. The molecule has 1 saturated heterocycles. The molecular formula is C21H21N3O4S. The van der Waals surface area contributed by atoms with Crippen LogP contribution in [0.1, 0.15) is 31.5 Å². The number of carbonyl (C=O) groups is 2. The smallest absolute Gasteiger partial charge is 0.267 e. The minimum Gasteiger partial charge on any atom is -0.459 e. The van der Waals surface area contributed by atoms with Gasteiger partial charge in [-0.3, -0.25) is 9.59 Å².